The third-order valence-electron chi connectivity index (χ3n) is 5.88. The molecule has 0 saturated carbocycles. The molecule has 3 amide bonds. The maximum absolute atomic E-state index is 13.1. The number of benzene rings is 3. The predicted octanol–water partition coefficient (Wildman–Crippen LogP) is 4.03. The van der Waals surface area contributed by atoms with E-state index in [9.17, 15) is 19.2 Å². The Bertz CT molecular complexity index is 1350. The molecule has 1 heterocycles. The lowest BCUT2D eigenvalue weighted by atomic mass is 10.1. The monoisotopic (exact) mass is 514 g/mol. The van der Waals surface area contributed by atoms with Crippen LogP contribution in [0.5, 0.6) is 5.75 Å². The Morgan fingerprint density at radius 1 is 0.789 bits per heavy atom. The summed E-state index contributed by atoms with van der Waals surface area (Å²) in [7, 11) is 2.53. The molecule has 1 aliphatic rings. The zero-order valence-corrected chi connectivity index (χ0v) is 21.0. The van der Waals surface area contributed by atoms with Crippen LogP contribution < -0.4 is 4.74 Å². The van der Waals surface area contributed by atoms with Gasteiger partial charge in [0.05, 0.1) is 26.3 Å². The summed E-state index contributed by atoms with van der Waals surface area (Å²) < 4.78 is 15.2. The minimum absolute atomic E-state index is 0.155. The fourth-order valence-electron chi connectivity index (χ4n) is 3.82. The van der Waals surface area contributed by atoms with Crippen LogP contribution in [0.4, 0.5) is 4.79 Å². The van der Waals surface area contributed by atoms with Crippen LogP contribution in [0.3, 0.4) is 0 Å². The number of rotatable bonds is 9. The van der Waals surface area contributed by atoms with Crippen LogP contribution in [-0.2, 0) is 32.2 Å². The Balaban J connectivity index is 1.49. The van der Waals surface area contributed by atoms with E-state index in [1.807, 2.05) is 30.3 Å². The summed E-state index contributed by atoms with van der Waals surface area (Å²) in [4.78, 5) is 51.8. The summed E-state index contributed by atoms with van der Waals surface area (Å²) in [6.45, 7) is -0.00270. The van der Waals surface area contributed by atoms with Crippen molar-refractivity contribution >= 4 is 30.0 Å². The Kier molecular flexibility index (Phi) is 8.17. The maximum Gasteiger partial charge on any atom is 0.337 e. The minimum atomic E-state index is -0.686. The van der Waals surface area contributed by atoms with Crippen molar-refractivity contribution in [1.82, 2.24) is 9.80 Å². The number of hydrogen-bond acceptors (Lipinski definition) is 7. The van der Waals surface area contributed by atoms with Gasteiger partial charge >= 0.3 is 18.0 Å². The van der Waals surface area contributed by atoms with E-state index < -0.39 is 30.4 Å². The van der Waals surface area contributed by atoms with Gasteiger partial charge in [-0.2, -0.15) is 0 Å². The molecule has 4 rings (SSSR count). The second kappa shape index (κ2) is 11.9. The molecule has 194 valence electrons. The fourth-order valence-corrected chi connectivity index (χ4v) is 3.82. The highest BCUT2D eigenvalue weighted by Crippen LogP contribution is 2.26. The lowest BCUT2D eigenvalue weighted by Gasteiger charge is -2.17. The Labute approximate surface area is 219 Å². The number of carbonyl (C=O) groups is 4. The van der Waals surface area contributed by atoms with Gasteiger partial charge in [-0.3, -0.25) is 14.5 Å². The fraction of sp³-hybridized carbons (Fsp3) is 0.172. The molecule has 9 heteroatoms. The molecule has 0 bridgehead atoms. The Morgan fingerprint density at radius 3 is 2.11 bits per heavy atom. The van der Waals surface area contributed by atoms with Crippen molar-refractivity contribution in [1.29, 1.82) is 0 Å². The van der Waals surface area contributed by atoms with Gasteiger partial charge in [-0.1, -0.05) is 54.6 Å². The molecule has 0 aliphatic carbocycles. The first-order valence-corrected chi connectivity index (χ1v) is 11.8. The van der Waals surface area contributed by atoms with Crippen molar-refractivity contribution < 1.29 is 33.4 Å². The summed E-state index contributed by atoms with van der Waals surface area (Å²) in [5, 5.41) is 0. The molecule has 1 aliphatic heterocycles. The van der Waals surface area contributed by atoms with Gasteiger partial charge in [0.15, 0.2) is 0 Å². The van der Waals surface area contributed by atoms with Gasteiger partial charge in [0.1, 0.15) is 24.6 Å². The van der Waals surface area contributed by atoms with Crippen molar-refractivity contribution in [3.8, 4) is 5.75 Å². The number of imide groups is 1. The van der Waals surface area contributed by atoms with Crippen molar-refractivity contribution in [3.63, 3.8) is 0 Å². The van der Waals surface area contributed by atoms with Crippen LogP contribution in [0, 0.1) is 0 Å². The molecule has 0 N–H and O–H groups in total. The molecule has 0 radical (unpaired) electrons. The van der Waals surface area contributed by atoms with Gasteiger partial charge in [-0.05, 0) is 47.0 Å². The maximum atomic E-state index is 13.1. The Morgan fingerprint density at radius 2 is 1.47 bits per heavy atom. The van der Waals surface area contributed by atoms with Gasteiger partial charge in [-0.25, -0.2) is 14.5 Å². The van der Waals surface area contributed by atoms with E-state index in [4.69, 9.17) is 9.47 Å². The smallest absolute Gasteiger partial charge is 0.337 e. The first kappa shape index (κ1) is 26.2. The highest BCUT2D eigenvalue weighted by molar-refractivity contribution is 6.15. The molecule has 0 atom stereocenters. The van der Waals surface area contributed by atoms with Crippen molar-refractivity contribution in [2.45, 2.75) is 13.2 Å². The molecule has 1 fully saturated rings. The summed E-state index contributed by atoms with van der Waals surface area (Å²) >= 11 is 0. The van der Waals surface area contributed by atoms with E-state index >= 15 is 0 Å². The van der Waals surface area contributed by atoms with Crippen LogP contribution in [0.25, 0.3) is 6.08 Å². The number of urea groups is 1. The number of carbonyl (C=O) groups excluding carboxylic acids is 4. The second-order valence-corrected chi connectivity index (χ2v) is 8.40. The van der Waals surface area contributed by atoms with E-state index in [1.165, 1.54) is 19.1 Å². The molecule has 0 aromatic heterocycles. The third-order valence-corrected chi connectivity index (χ3v) is 5.88. The standard InChI is InChI=1S/C29H26N2O7/c1-36-26(32)18-31-27(33)25(30(29(31)35)17-21-6-4-3-5-7-21)16-20-10-14-24(15-11-20)38-19-22-8-12-23(13-9-22)28(34)37-2/h3-16H,17-19H2,1-2H3/b25-16+. The molecule has 38 heavy (non-hydrogen) atoms. The zero-order valence-electron chi connectivity index (χ0n) is 21.0. The van der Waals surface area contributed by atoms with Gasteiger partial charge in [0.2, 0.25) is 0 Å². The van der Waals surface area contributed by atoms with Gasteiger partial charge < -0.3 is 14.2 Å². The third kappa shape index (κ3) is 6.07. The summed E-state index contributed by atoms with van der Waals surface area (Å²) in [5.74, 6) is -1.06. The summed E-state index contributed by atoms with van der Waals surface area (Å²) in [5.41, 5.74) is 3.00. The van der Waals surface area contributed by atoms with Crippen LogP contribution in [-0.4, -0.2) is 54.4 Å². The van der Waals surface area contributed by atoms with Crippen LogP contribution in [0.15, 0.2) is 84.6 Å². The van der Waals surface area contributed by atoms with Gasteiger partial charge in [0, 0.05) is 0 Å². The van der Waals surface area contributed by atoms with Crippen molar-refractivity contribution in [3.05, 3.63) is 107 Å². The number of hydrogen-bond donors (Lipinski definition) is 0. The molecule has 0 unspecified atom stereocenters. The molecule has 1 saturated heterocycles. The molecule has 9 nitrogen and oxygen atoms in total. The van der Waals surface area contributed by atoms with E-state index in [0.717, 1.165) is 16.0 Å². The SMILES string of the molecule is COC(=O)CN1C(=O)/C(=C\c2ccc(OCc3ccc(C(=O)OC)cc3)cc2)N(Cc2ccccc2)C1=O. The van der Waals surface area contributed by atoms with Crippen molar-refractivity contribution in [2.75, 3.05) is 20.8 Å². The van der Waals surface area contributed by atoms with Crippen molar-refractivity contribution in [2.24, 2.45) is 0 Å². The summed E-state index contributed by atoms with van der Waals surface area (Å²) in [6.07, 6.45) is 1.61. The lowest BCUT2D eigenvalue weighted by molar-refractivity contribution is -0.143. The molecular formula is C29H26N2O7. The largest absolute Gasteiger partial charge is 0.489 e. The van der Waals surface area contributed by atoms with Crippen LogP contribution in [0.1, 0.15) is 27.0 Å². The first-order valence-electron chi connectivity index (χ1n) is 11.8. The predicted molar refractivity (Wildman–Crippen MR) is 138 cm³/mol. The van der Waals surface area contributed by atoms with Gasteiger partial charge in [-0.15, -0.1) is 0 Å². The van der Waals surface area contributed by atoms with E-state index in [-0.39, 0.29) is 12.2 Å². The van der Waals surface area contributed by atoms with Gasteiger partial charge in [0.25, 0.3) is 5.91 Å². The average Bonchev–Trinajstić information content (AvgIpc) is 3.16. The zero-order chi connectivity index (χ0) is 27.1. The molecule has 3 aromatic carbocycles. The normalized spacial score (nSPS) is 14.1. The highest BCUT2D eigenvalue weighted by Gasteiger charge is 2.42. The first-order chi connectivity index (χ1) is 18.4. The van der Waals surface area contributed by atoms with Crippen LogP contribution in [0.2, 0.25) is 0 Å². The van der Waals surface area contributed by atoms with E-state index in [0.29, 0.717) is 23.5 Å². The second-order valence-electron chi connectivity index (χ2n) is 8.40. The number of methoxy groups -OCH3 is 2. The highest BCUT2D eigenvalue weighted by atomic mass is 16.5. The topological polar surface area (TPSA) is 102 Å². The number of amides is 3. The Hall–Kier alpha value is -4.92. The lowest BCUT2D eigenvalue weighted by Crippen LogP contribution is -2.37. The number of ether oxygens (including phenoxy) is 3. The number of nitrogens with zero attached hydrogens (tertiary/aromatic N) is 2. The number of esters is 2. The van der Waals surface area contributed by atoms with Crippen LogP contribution >= 0.6 is 0 Å². The quantitative estimate of drug-likeness (QED) is 0.241. The summed E-state index contributed by atoms with van der Waals surface area (Å²) in [6, 6.07) is 22.6. The average molecular weight is 515 g/mol. The van der Waals surface area contributed by atoms with E-state index in [2.05, 4.69) is 4.74 Å². The molecule has 3 aromatic rings. The molecule has 0 spiro atoms. The molecular weight excluding hydrogens is 488 g/mol. The minimum Gasteiger partial charge on any atom is -0.489 e. The van der Waals surface area contributed by atoms with E-state index in [1.54, 1.807) is 54.6 Å².